The van der Waals surface area contributed by atoms with E-state index in [1.807, 2.05) is 43.4 Å². The number of amides is 1. The molecule has 2 rings (SSSR count). The minimum Gasteiger partial charge on any atom is -0.444 e. The lowest BCUT2D eigenvalue weighted by molar-refractivity contribution is 0.155. The summed E-state index contributed by atoms with van der Waals surface area (Å²) in [4.78, 5) is 11.7. The van der Waals surface area contributed by atoms with Crippen LogP contribution in [0.1, 0.15) is 11.1 Å². The topological polar surface area (TPSA) is 50.4 Å². The summed E-state index contributed by atoms with van der Waals surface area (Å²) >= 11 is 5.79. The third kappa shape index (κ3) is 5.10. The second kappa shape index (κ2) is 7.67. The molecule has 5 heteroatoms. The predicted octanol–water partition coefficient (Wildman–Crippen LogP) is 3.81. The number of carbonyl (C=O) groups is 1. The number of carbonyl (C=O) groups excluding carboxylic acids is 1. The van der Waals surface area contributed by atoms with Crippen LogP contribution < -0.4 is 10.6 Å². The number of benzene rings is 2. The van der Waals surface area contributed by atoms with Crippen LogP contribution in [-0.4, -0.2) is 13.1 Å². The van der Waals surface area contributed by atoms with Crippen LogP contribution in [-0.2, 0) is 17.9 Å². The molecule has 0 saturated heterocycles. The van der Waals surface area contributed by atoms with Crippen LogP contribution in [0.4, 0.5) is 10.5 Å². The van der Waals surface area contributed by atoms with Crippen LogP contribution in [0.5, 0.6) is 0 Å². The first-order valence-electron chi connectivity index (χ1n) is 6.59. The van der Waals surface area contributed by atoms with E-state index in [4.69, 9.17) is 16.3 Å². The van der Waals surface area contributed by atoms with E-state index in [0.717, 1.165) is 17.7 Å². The minimum atomic E-state index is -0.480. The van der Waals surface area contributed by atoms with Crippen LogP contribution in [0.25, 0.3) is 0 Å². The van der Waals surface area contributed by atoms with Gasteiger partial charge in [-0.25, -0.2) is 4.79 Å². The van der Waals surface area contributed by atoms with Crippen molar-refractivity contribution in [2.45, 2.75) is 13.2 Å². The average Bonchev–Trinajstić information content (AvgIpc) is 2.49. The van der Waals surface area contributed by atoms with Crippen molar-refractivity contribution in [2.75, 3.05) is 12.4 Å². The number of rotatable bonds is 5. The van der Waals surface area contributed by atoms with Gasteiger partial charge in [0.05, 0.1) is 0 Å². The Labute approximate surface area is 129 Å². The number of ether oxygens (including phenoxy) is 1. The second-order valence-corrected chi connectivity index (χ2v) is 4.99. The fourth-order valence-corrected chi connectivity index (χ4v) is 1.92. The average molecular weight is 305 g/mol. The summed E-state index contributed by atoms with van der Waals surface area (Å²) in [5, 5.41) is 6.41. The Morgan fingerprint density at radius 1 is 1.05 bits per heavy atom. The highest BCUT2D eigenvalue weighted by atomic mass is 35.5. The van der Waals surface area contributed by atoms with Gasteiger partial charge in [0, 0.05) is 17.3 Å². The SMILES string of the molecule is CNCc1ccc(NC(=O)OCc2ccc(Cl)cc2)cc1. The molecule has 2 aromatic carbocycles. The van der Waals surface area contributed by atoms with Gasteiger partial charge in [0.1, 0.15) is 6.61 Å². The maximum atomic E-state index is 11.7. The smallest absolute Gasteiger partial charge is 0.411 e. The largest absolute Gasteiger partial charge is 0.444 e. The number of halogens is 1. The van der Waals surface area contributed by atoms with Gasteiger partial charge in [-0.05, 0) is 42.4 Å². The standard InChI is InChI=1S/C16H17ClN2O2/c1-18-10-12-4-8-15(9-5-12)19-16(20)21-11-13-2-6-14(17)7-3-13/h2-9,18H,10-11H2,1H3,(H,19,20). The highest BCUT2D eigenvalue weighted by molar-refractivity contribution is 6.30. The molecule has 0 saturated carbocycles. The molecule has 0 unspecified atom stereocenters. The zero-order valence-electron chi connectivity index (χ0n) is 11.7. The van der Waals surface area contributed by atoms with Gasteiger partial charge >= 0.3 is 6.09 Å². The van der Waals surface area contributed by atoms with E-state index in [1.165, 1.54) is 0 Å². The Hall–Kier alpha value is -2.04. The van der Waals surface area contributed by atoms with E-state index in [1.54, 1.807) is 12.1 Å². The molecular weight excluding hydrogens is 288 g/mol. The summed E-state index contributed by atoms with van der Waals surface area (Å²) in [7, 11) is 1.89. The molecule has 0 bridgehead atoms. The molecule has 21 heavy (non-hydrogen) atoms. The molecule has 110 valence electrons. The van der Waals surface area contributed by atoms with Crippen molar-refractivity contribution in [3.05, 3.63) is 64.7 Å². The van der Waals surface area contributed by atoms with Gasteiger partial charge in [-0.15, -0.1) is 0 Å². The lowest BCUT2D eigenvalue weighted by Gasteiger charge is -2.08. The first-order valence-corrected chi connectivity index (χ1v) is 6.97. The molecule has 0 aliphatic rings. The van der Waals surface area contributed by atoms with Crippen LogP contribution in [0.15, 0.2) is 48.5 Å². The van der Waals surface area contributed by atoms with Crippen molar-refractivity contribution in [2.24, 2.45) is 0 Å². The molecule has 0 aliphatic carbocycles. The van der Waals surface area contributed by atoms with E-state index in [-0.39, 0.29) is 6.61 Å². The number of hydrogen-bond donors (Lipinski definition) is 2. The minimum absolute atomic E-state index is 0.209. The Balaban J connectivity index is 1.82. The third-order valence-corrected chi connectivity index (χ3v) is 3.12. The first-order chi connectivity index (χ1) is 10.2. The van der Waals surface area contributed by atoms with E-state index >= 15 is 0 Å². The van der Waals surface area contributed by atoms with Crippen molar-refractivity contribution in [1.29, 1.82) is 0 Å². The molecule has 0 fully saturated rings. The summed E-state index contributed by atoms with van der Waals surface area (Å²) in [6, 6.07) is 14.8. The second-order valence-electron chi connectivity index (χ2n) is 4.55. The highest BCUT2D eigenvalue weighted by Gasteiger charge is 2.04. The molecule has 0 aromatic heterocycles. The summed E-state index contributed by atoms with van der Waals surface area (Å²) in [6.07, 6.45) is -0.480. The zero-order chi connectivity index (χ0) is 15.1. The van der Waals surface area contributed by atoms with E-state index in [0.29, 0.717) is 10.7 Å². The van der Waals surface area contributed by atoms with Crippen LogP contribution >= 0.6 is 11.6 Å². The first kappa shape index (κ1) is 15.4. The van der Waals surface area contributed by atoms with Gasteiger partial charge in [-0.2, -0.15) is 0 Å². The molecule has 0 spiro atoms. The van der Waals surface area contributed by atoms with Gasteiger partial charge in [0.2, 0.25) is 0 Å². The van der Waals surface area contributed by atoms with Gasteiger partial charge in [-0.1, -0.05) is 35.9 Å². The third-order valence-electron chi connectivity index (χ3n) is 2.86. The Morgan fingerprint density at radius 3 is 2.29 bits per heavy atom. The fraction of sp³-hybridized carbons (Fsp3) is 0.188. The summed E-state index contributed by atoms with van der Waals surface area (Å²) in [6.45, 7) is 1.00. The molecule has 0 heterocycles. The highest BCUT2D eigenvalue weighted by Crippen LogP contribution is 2.12. The number of hydrogen-bond acceptors (Lipinski definition) is 3. The number of nitrogens with one attached hydrogen (secondary N) is 2. The normalized spacial score (nSPS) is 10.2. The summed E-state index contributed by atoms with van der Waals surface area (Å²) in [5.41, 5.74) is 2.74. The molecule has 1 amide bonds. The molecular formula is C16H17ClN2O2. The maximum absolute atomic E-state index is 11.7. The van der Waals surface area contributed by atoms with Gasteiger partial charge in [-0.3, -0.25) is 5.32 Å². The van der Waals surface area contributed by atoms with E-state index in [2.05, 4.69) is 10.6 Å². The quantitative estimate of drug-likeness (QED) is 0.883. The molecule has 0 atom stereocenters. The van der Waals surface area contributed by atoms with Crippen molar-refractivity contribution < 1.29 is 9.53 Å². The Kier molecular flexibility index (Phi) is 5.60. The molecule has 2 aromatic rings. The molecule has 0 aliphatic heterocycles. The molecule has 4 nitrogen and oxygen atoms in total. The van der Waals surface area contributed by atoms with Crippen molar-refractivity contribution in [3.8, 4) is 0 Å². The zero-order valence-corrected chi connectivity index (χ0v) is 12.5. The lowest BCUT2D eigenvalue weighted by atomic mass is 10.2. The maximum Gasteiger partial charge on any atom is 0.411 e. The monoisotopic (exact) mass is 304 g/mol. The number of anilines is 1. The van der Waals surface area contributed by atoms with Gasteiger partial charge in [0.15, 0.2) is 0 Å². The van der Waals surface area contributed by atoms with Crippen LogP contribution in [0.2, 0.25) is 5.02 Å². The summed E-state index contributed by atoms with van der Waals surface area (Å²) < 4.78 is 5.14. The molecule has 2 N–H and O–H groups in total. The van der Waals surface area contributed by atoms with Crippen molar-refractivity contribution >= 4 is 23.4 Å². The predicted molar refractivity (Wildman–Crippen MR) is 84.5 cm³/mol. The summed E-state index contributed by atoms with van der Waals surface area (Å²) in [5.74, 6) is 0. The van der Waals surface area contributed by atoms with Crippen LogP contribution in [0, 0.1) is 0 Å². The Morgan fingerprint density at radius 2 is 1.67 bits per heavy atom. The van der Waals surface area contributed by atoms with Crippen molar-refractivity contribution in [1.82, 2.24) is 5.32 Å². The van der Waals surface area contributed by atoms with Gasteiger partial charge in [0.25, 0.3) is 0 Å². The van der Waals surface area contributed by atoms with Gasteiger partial charge < -0.3 is 10.1 Å². The van der Waals surface area contributed by atoms with Crippen LogP contribution in [0.3, 0.4) is 0 Å². The lowest BCUT2D eigenvalue weighted by Crippen LogP contribution is -2.13. The Bertz CT molecular complexity index is 582. The van der Waals surface area contributed by atoms with E-state index in [9.17, 15) is 4.79 Å². The molecule has 0 radical (unpaired) electrons. The van der Waals surface area contributed by atoms with Crippen molar-refractivity contribution in [3.63, 3.8) is 0 Å². The fourth-order valence-electron chi connectivity index (χ4n) is 1.79. The van der Waals surface area contributed by atoms with E-state index < -0.39 is 6.09 Å².